The minimum absolute atomic E-state index is 0.0590. The molecular weight excluding hydrogens is 703 g/mol. The fourth-order valence-electron chi connectivity index (χ4n) is 7.65. The molecule has 2 heterocycles. The molecule has 304 valence electrons. The van der Waals surface area contributed by atoms with Gasteiger partial charge in [0, 0.05) is 11.1 Å². The monoisotopic (exact) mass is 767 g/mol. The van der Waals surface area contributed by atoms with Gasteiger partial charge in [-0.1, -0.05) is 104 Å². The Hall–Kier alpha value is -4.53. The van der Waals surface area contributed by atoms with Crippen LogP contribution < -0.4 is 21.8 Å². The Labute approximate surface area is 333 Å². The van der Waals surface area contributed by atoms with Crippen LogP contribution in [0.15, 0.2) is 50.8 Å². The normalized spacial score (nSPS) is 14.7. The van der Waals surface area contributed by atoms with Crippen molar-refractivity contribution in [1.82, 2.24) is 13.7 Å². The molecule has 0 saturated carbocycles. The molecule has 0 amide bonds. The van der Waals surface area contributed by atoms with E-state index in [1.165, 1.54) is 0 Å². The summed E-state index contributed by atoms with van der Waals surface area (Å²) in [7, 11) is 0. The smallest absolute Gasteiger partial charge is 0.336 e. The zero-order valence-electron chi connectivity index (χ0n) is 37.0. The van der Waals surface area contributed by atoms with Gasteiger partial charge in [-0.15, -0.1) is 0 Å². The van der Waals surface area contributed by atoms with E-state index in [4.69, 9.17) is 4.74 Å². The Morgan fingerprint density at radius 3 is 0.964 bits per heavy atom. The molecule has 0 aliphatic carbocycles. The maximum Gasteiger partial charge on any atom is 0.336 e. The number of rotatable bonds is 6. The molecule has 2 N–H and O–H groups in total. The second kappa shape index (κ2) is 13.6. The molecule has 0 atom stereocenters. The van der Waals surface area contributed by atoms with Crippen molar-refractivity contribution in [3.8, 4) is 17.2 Å². The summed E-state index contributed by atoms with van der Waals surface area (Å²) in [6.07, 6.45) is 0. The van der Waals surface area contributed by atoms with Crippen LogP contribution >= 0.6 is 0 Å². The van der Waals surface area contributed by atoms with Gasteiger partial charge >= 0.3 is 17.1 Å². The van der Waals surface area contributed by atoms with E-state index in [1.807, 2.05) is 133 Å². The Morgan fingerprint density at radius 2 is 0.714 bits per heavy atom. The summed E-state index contributed by atoms with van der Waals surface area (Å²) >= 11 is 0. The fraction of sp³-hybridized carbons (Fsp3) is 0.553. The van der Waals surface area contributed by atoms with Gasteiger partial charge in [0.25, 0.3) is 0 Å². The van der Waals surface area contributed by atoms with Crippen molar-refractivity contribution in [2.45, 2.75) is 170 Å². The van der Waals surface area contributed by atoms with Gasteiger partial charge in [-0.05, 0) is 116 Å². The van der Waals surface area contributed by atoms with Gasteiger partial charge in [0.05, 0.1) is 19.6 Å². The van der Waals surface area contributed by atoms with Gasteiger partial charge in [0.2, 0.25) is 0 Å². The number of fused-ring (bicyclic) bond motifs is 1. The third kappa shape index (κ3) is 8.01. The Balaban J connectivity index is 1.81. The zero-order valence-corrected chi connectivity index (χ0v) is 37.0. The minimum atomic E-state index is -0.733. The second-order valence-electron chi connectivity index (χ2n) is 21.6. The van der Waals surface area contributed by atoms with Crippen LogP contribution in [0.1, 0.15) is 168 Å². The van der Waals surface area contributed by atoms with E-state index in [-0.39, 0.29) is 36.5 Å². The van der Waals surface area contributed by atoms with Crippen molar-refractivity contribution >= 4 is 0 Å². The van der Waals surface area contributed by atoms with E-state index in [2.05, 4.69) is 20.8 Å². The maximum atomic E-state index is 14.7. The van der Waals surface area contributed by atoms with Gasteiger partial charge in [-0.25, -0.2) is 28.1 Å². The lowest BCUT2D eigenvalue weighted by Crippen LogP contribution is -2.55. The molecule has 0 bridgehead atoms. The molecule has 0 saturated heterocycles. The number of aromatic hydroxyl groups is 2. The third-order valence-electron chi connectivity index (χ3n) is 10.9. The van der Waals surface area contributed by atoms with Gasteiger partial charge in [-0.3, -0.25) is 0 Å². The molecule has 9 nitrogen and oxygen atoms in total. The molecule has 0 unspecified atom stereocenters. The summed E-state index contributed by atoms with van der Waals surface area (Å²) in [6, 6.07) is 11.4. The quantitative estimate of drug-likeness (QED) is 0.203. The lowest BCUT2D eigenvalue weighted by molar-refractivity contribution is 0.0483. The first kappa shape index (κ1) is 42.6. The number of nitrogens with zero attached hydrogens (tertiary/aromatic N) is 3. The van der Waals surface area contributed by atoms with Crippen molar-refractivity contribution in [2.24, 2.45) is 0 Å². The van der Waals surface area contributed by atoms with Crippen molar-refractivity contribution in [3.05, 3.63) is 118 Å². The van der Waals surface area contributed by atoms with Crippen LogP contribution in [0.5, 0.6) is 17.2 Å². The SMILES string of the molecule is CC(C)(C)c1cc(Cn2c(=O)n(Cc3cc(C(C)(C)C)c(O)c(C(C)(C)C)c3)c(=O)n(Cc3cc(C(C)(C)C)c4c(c3)C(C)(C)O4)c2=O)cc(C(C)(C)C)c1O. The van der Waals surface area contributed by atoms with Gasteiger partial charge in [-0.2, -0.15) is 0 Å². The van der Waals surface area contributed by atoms with Crippen molar-refractivity contribution < 1.29 is 14.9 Å². The number of phenolic OH excluding ortho intramolecular Hbond substituents is 2. The van der Waals surface area contributed by atoms with Crippen LogP contribution in [-0.4, -0.2) is 23.9 Å². The summed E-state index contributed by atoms with van der Waals surface area (Å²) in [5.41, 5.74) is 2.18. The van der Waals surface area contributed by atoms with Crippen LogP contribution in [0.4, 0.5) is 0 Å². The number of hydrogen-bond acceptors (Lipinski definition) is 6. The molecule has 0 spiro atoms. The molecule has 1 aliphatic heterocycles. The van der Waals surface area contributed by atoms with E-state index < -0.39 is 44.3 Å². The summed E-state index contributed by atoms with van der Waals surface area (Å²) in [5.74, 6) is 1.22. The van der Waals surface area contributed by atoms with Gasteiger partial charge in [0.15, 0.2) is 0 Å². The standard InChI is InChI=1S/C47H65N3O6/c1-42(2,3)30-18-27(19-31(36(30)51)43(4,5)6)24-48-39(53)49(25-28-20-32(44(7,8)9)37(52)33(21-28)45(10,11)12)41(55)50(40(48)54)26-29-22-34(46(13,14)15)38-35(23-29)47(16,17)56-38/h18-23,51-52H,24-26H2,1-17H3. The number of benzene rings is 3. The molecule has 5 rings (SSSR count). The molecule has 1 aliphatic rings. The lowest BCUT2D eigenvalue weighted by atomic mass is 9.78. The van der Waals surface area contributed by atoms with Crippen molar-refractivity contribution in [1.29, 1.82) is 0 Å². The van der Waals surface area contributed by atoms with E-state index in [9.17, 15) is 24.6 Å². The summed E-state index contributed by atoms with van der Waals surface area (Å²) < 4.78 is 9.64. The fourth-order valence-corrected chi connectivity index (χ4v) is 7.65. The first-order valence-electron chi connectivity index (χ1n) is 19.8. The van der Waals surface area contributed by atoms with Crippen LogP contribution in [-0.2, 0) is 52.3 Å². The Morgan fingerprint density at radius 1 is 0.464 bits per heavy atom. The first-order chi connectivity index (χ1) is 25.2. The molecule has 1 aromatic heterocycles. The van der Waals surface area contributed by atoms with E-state index in [0.29, 0.717) is 33.4 Å². The zero-order chi connectivity index (χ0) is 42.5. The lowest BCUT2D eigenvalue weighted by Gasteiger charge is -2.42. The predicted molar refractivity (Wildman–Crippen MR) is 226 cm³/mol. The number of ether oxygens (including phenoxy) is 1. The maximum absolute atomic E-state index is 14.7. The van der Waals surface area contributed by atoms with Crippen LogP contribution in [0.25, 0.3) is 0 Å². The second-order valence-corrected chi connectivity index (χ2v) is 21.6. The summed E-state index contributed by atoms with van der Waals surface area (Å²) in [4.78, 5) is 44.0. The van der Waals surface area contributed by atoms with E-state index in [1.54, 1.807) is 0 Å². The number of aromatic nitrogens is 3. The molecule has 4 aromatic rings. The van der Waals surface area contributed by atoms with Crippen LogP contribution in [0, 0.1) is 0 Å². The van der Waals surface area contributed by atoms with Crippen LogP contribution in [0.2, 0.25) is 0 Å². The summed E-state index contributed by atoms with van der Waals surface area (Å²) in [6.45, 7) is 34.2. The average molecular weight is 768 g/mol. The van der Waals surface area contributed by atoms with Crippen molar-refractivity contribution in [2.75, 3.05) is 0 Å². The van der Waals surface area contributed by atoms with E-state index >= 15 is 0 Å². The molecular formula is C47H65N3O6. The van der Waals surface area contributed by atoms with Crippen LogP contribution in [0.3, 0.4) is 0 Å². The highest BCUT2D eigenvalue weighted by molar-refractivity contribution is 5.56. The average Bonchev–Trinajstić information content (AvgIpc) is 3.02. The predicted octanol–water partition coefficient (Wildman–Crippen LogP) is 8.84. The number of hydrogen-bond donors (Lipinski definition) is 2. The number of phenols is 2. The van der Waals surface area contributed by atoms with Gasteiger partial charge in [0.1, 0.15) is 22.8 Å². The highest BCUT2D eigenvalue weighted by Crippen LogP contribution is 2.50. The summed E-state index contributed by atoms with van der Waals surface area (Å²) in [5, 5.41) is 22.9. The van der Waals surface area contributed by atoms with Gasteiger partial charge < -0.3 is 14.9 Å². The molecule has 0 radical (unpaired) electrons. The Kier molecular flexibility index (Phi) is 10.3. The molecule has 9 heteroatoms. The highest BCUT2D eigenvalue weighted by atomic mass is 16.5. The highest BCUT2D eigenvalue weighted by Gasteiger charge is 2.41. The molecule has 56 heavy (non-hydrogen) atoms. The topological polar surface area (TPSA) is 116 Å². The van der Waals surface area contributed by atoms with E-state index in [0.717, 1.165) is 36.1 Å². The first-order valence-corrected chi connectivity index (χ1v) is 19.8. The van der Waals surface area contributed by atoms with Crippen molar-refractivity contribution in [3.63, 3.8) is 0 Å². The third-order valence-corrected chi connectivity index (χ3v) is 10.9. The minimum Gasteiger partial charge on any atom is -0.507 e. The molecule has 3 aromatic carbocycles. The largest absolute Gasteiger partial charge is 0.507 e. The Bertz CT molecular complexity index is 2200. The molecule has 0 fully saturated rings.